The predicted molar refractivity (Wildman–Crippen MR) is 95.4 cm³/mol. The van der Waals surface area contributed by atoms with Crippen molar-refractivity contribution in [3.8, 4) is 0 Å². The van der Waals surface area contributed by atoms with Crippen LogP contribution in [0.2, 0.25) is 0 Å². The summed E-state index contributed by atoms with van der Waals surface area (Å²) in [4.78, 5) is 14.9. The van der Waals surface area contributed by atoms with E-state index < -0.39 is 6.10 Å². The van der Waals surface area contributed by atoms with Gasteiger partial charge in [0, 0.05) is 19.0 Å². The summed E-state index contributed by atoms with van der Waals surface area (Å²) in [5, 5.41) is 20.2. The minimum absolute atomic E-state index is 0.0569. The fourth-order valence-corrected chi connectivity index (χ4v) is 3.78. The maximum absolute atomic E-state index is 13.1. The topological polar surface area (TPSA) is 76.2 Å². The highest BCUT2D eigenvalue weighted by Crippen LogP contribution is 2.40. The molecule has 1 amide bonds. The Hall–Kier alpha value is -2.67. The van der Waals surface area contributed by atoms with Crippen LogP contribution in [0.1, 0.15) is 40.8 Å². The molecule has 2 aromatic heterocycles. The Balaban J connectivity index is 1.42. The number of hydrogen-bond donors (Lipinski definition) is 1. The lowest BCUT2D eigenvalue weighted by Crippen LogP contribution is -2.38. The lowest BCUT2D eigenvalue weighted by Gasteiger charge is -2.27. The van der Waals surface area contributed by atoms with Gasteiger partial charge in [-0.05, 0) is 30.9 Å². The average molecular weight is 351 g/mol. The van der Waals surface area contributed by atoms with Crippen molar-refractivity contribution in [2.24, 2.45) is 13.0 Å². The third kappa shape index (κ3) is 2.42. The van der Waals surface area contributed by atoms with Crippen molar-refractivity contribution in [3.63, 3.8) is 0 Å². The van der Waals surface area contributed by atoms with Crippen LogP contribution in [0.15, 0.2) is 30.3 Å². The molecule has 1 aromatic carbocycles. The molecule has 0 radical (unpaired) electrons. The number of aryl methyl sites for hydroxylation is 1. The number of para-hydroxylation sites is 1. The molecular formula is C19H21N5O2. The normalized spacial score (nSPS) is 18.2. The largest absolute Gasteiger partial charge is 0.386 e. The van der Waals surface area contributed by atoms with E-state index in [0.717, 1.165) is 35.1 Å². The van der Waals surface area contributed by atoms with Gasteiger partial charge < -0.3 is 10.0 Å². The number of carbonyl (C=O) groups excluding carboxylic acids is 1. The first-order valence-electron chi connectivity index (χ1n) is 9.07. The number of nitrogens with zero attached hydrogens (tertiary/aromatic N) is 5. The second-order valence-corrected chi connectivity index (χ2v) is 7.28. The van der Waals surface area contributed by atoms with E-state index in [2.05, 4.69) is 10.2 Å². The Bertz CT molecular complexity index is 1000. The van der Waals surface area contributed by atoms with Gasteiger partial charge in [0.15, 0.2) is 5.69 Å². The molecule has 0 unspecified atom stereocenters. The van der Waals surface area contributed by atoms with Crippen molar-refractivity contribution in [1.82, 2.24) is 24.5 Å². The van der Waals surface area contributed by atoms with Crippen molar-refractivity contribution in [2.45, 2.75) is 32.0 Å². The van der Waals surface area contributed by atoms with Crippen molar-refractivity contribution in [1.29, 1.82) is 0 Å². The third-order valence-corrected chi connectivity index (χ3v) is 5.44. The number of aromatic nitrogens is 4. The maximum atomic E-state index is 13.1. The zero-order valence-electron chi connectivity index (χ0n) is 14.7. The molecule has 1 aliphatic carbocycles. The predicted octanol–water partition coefficient (Wildman–Crippen LogP) is 1.87. The van der Waals surface area contributed by atoms with Gasteiger partial charge in [-0.15, -0.1) is 0 Å². The first kappa shape index (κ1) is 15.6. The van der Waals surface area contributed by atoms with E-state index in [1.807, 2.05) is 47.0 Å². The van der Waals surface area contributed by atoms with E-state index in [-0.39, 0.29) is 5.91 Å². The highest BCUT2D eigenvalue weighted by atomic mass is 16.3. The summed E-state index contributed by atoms with van der Waals surface area (Å²) in [6.45, 7) is 1.73. The molecule has 7 heteroatoms. The summed E-state index contributed by atoms with van der Waals surface area (Å²) < 4.78 is 3.67. The highest BCUT2D eigenvalue weighted by Gasteiger charge is 2.34. The second-order valence-electron chi connectivity index (χ2n) is 7.28. The van der Waals surface area contributed by atoms with Crippen molar-refractivity contribution < 1.29 is 9.90 Å². The van der Waals surface area contributed by atoms with E-state index in [4.69, 9.17) is 0 Å². The number of fused-ring (bicyclic) bond motifs is 2. The quantitative estimate of drug-likeness (QED) is 0.782. The SMILES string of the molecule is Cn1nc(C(=O)N2CCn3nc([C@H](O)C4CC4)cc3C2)c2ccccc21. The Labute approximate surface area is 150 Å². The van der Waals surface area contributed by atoms with E-state index in [1.165, 1.54) is 0 Å². The molecule has 1 atom stereocenters. The number of rotatable bonds is 3. The smallest absolute Gasteiger partial charge is 0.275 e. The first-order valence-corrected chi connectivity index (χ1v) is 9.07. The lowest BCUT2D eigenvalue weighted by molar-refractivity contribution is 0.0700. The standard InChI is InChI=1S/C19H21N5O2/c1-22-16-5-3-2-4-14(16)17(21-22)19(26)23-8-9-24-13(11-23)10-15(20-24)18(25)12-6-7-12/h2-5,10,12,18,25H,6-9,11H2,1H3/t18-/m1/s1. The van der Waals surface area contributed by atoms with Crippen LogP contribution in [-0.4, -0.2) is 42.0 Å². The van der Waals surface area contributed by atoms with Gasteiger partial charge in [0.2, 0.25) is 0 Å². The van der Waals surface area contributed by atoms with E-state index in [0.29, 0.717) is 31.2 Å². The molecule has 7 nitrogen and oxygen atoms in total. The van der Waals surface area contributed by atoms with Crippen LogP contribution < -0.4 is 0 Å². The van der Waals surface area contributed by atoms with Gasteiger partial charge >= 0.3 is 0 Å². The molecule has 1 saturated carbocycles. The monoisotopic (exact) mass is 351 g/mol. The third-order valence-electron chi connectivity index (χ3n) is 5.44. The van der Waals surface area contributed by atoms with E-state index in [1.54, 1.807) is 4.68 Å². The highest BCUT2D eigenvalue weighted by molar-refractivity contribution is 6.04. The Morgan fingerprint density at radius 1 is 1.23 bits per heavy atom. The van der Waals surface area contributed by atoms with Crippen LogP contribution in [0.25, 0.3) is 10.9 Å². The molecule has 3 aromatic rings. The molecule has 0 spiro atoms. The van der Waals surface area contributed by atoms with Crippen LogP contribution in [0.4, 0.5) is 0 Å². The second kappa shape index (κ2) is 5.67. The minimum atomic E-state index is -0.475. The molecule has 2 aliphatic rings. The molecule has 134 valence electrons. The number of carbonyl (C=O) groups is 1. The Morgan fingerprint density at radius 3 is 2.85 bits per heavy atom. The number of benzene rings is 1. The number of aliphatic hydroxyl groups excluding tert-OH is 1. The van der Waals surface area contributed by atoms with Gasteiger partial charge in [0.25, 0.3) is 5.91 Å². The minimum Gasteiger partial charge on any atom is -0.386 e. The zero-order chi connectivity index (χ0) is 17.8. The molecule has 1 N–H and O–H groups in total. The van der Waals surface area contributed by atoms with E-state index >= 15 is 0 Å². The molecule has 0 bridgehead atoms. The van der Waals surface area contributed by atoms with Crippen LogP contribution in [0, 0.1) is 5.92 Å². The molecule has 3 heterocycles. The van der Waals surface area contributed by atoms with Crippen LogP contribution >= 0.6 is 0 Å². The molecule has 5 rings (SSSR count). The first-order chi connectivity index (χ1) is 12.6. The van der Waals surface area contributed by atoms with E-state index in [9.17, 15) is 9.90 Å². The Kier molecular flexibility index (Phi) is 3.40. The maximum Gasteiger partial charge on any atom is 0.275 e. The van der Waals surface area contributed by atoms with Gasteiger partial charge in [-0.3, -0.25) is 14.2 Å². The molecule has 26 heavy (non-hydrogen) atoms. The summed E-state index contributed by atoms with van der Waals surface area (Å²) in [6.07, 6.45) is 1.67. The summed E-state index contributed by atoms with van der Waals surface area (Å²) in [6, 6.07) is 9.73. The Morgan fingerprint density at radius 2 is 2.04 bits per heavy atom. The van der Waals surface area contributed by atoms with Gasteiger partial charge in [0.1, 0.15) is 6.10 Å². The van der Waals surface area contributed by atoms with Crippen molar-refractivity contribution >= 4 is 16.8 Å². The summed E-state index contributed by atoms with van der Waals surface area (Å²) in [5.74, 6) is 0.295. The fraction of sp³-hybridized carbons (Fsp3) is 0.421. The average Bonchev–Trinajstić information content (AvgIpc) is 3.34. The molecule has 0 saturated heterocycles. The van der Waals surface area contributed by atoms with Crippen molar-refractivity contribution in [3.05, 3.63) is 47.4 Å². The van der Waals surface area contributed by atoms with Crippen LogP contribution in [0.3, 0.4) is 0 Å². The molecular weight excluding hydrogens is 330 g/mol. The molecule has 1 aliphatic heterocycles. The van der Waals surface area contributed by atoms with Gasteiger partial charge in [-0.2, -0.15) is 10.2 Å². The number of amides is 1. The lowest BCUT2D eigenvalue weighted by atomic mass is 10.1. The van der Waals surface area contributed by atoms with Gasteiger partial charge in [-0.1, -0.05) is 18.2 Å². The number of aliphatic hydroxyl groups is 1. The number of hydrogen-bond acceptors (Lipinski definition) is 4. The summed E-state index contributed by atoms with van der Waals surface area (Å²) in [7, 11) is 1.86. The molecule has 1 fully saturated rings. The summed E-state index contributed by atoms with van der Waals surface area (Å²) >= 11 is 0. The van der Waals surface area contributed by atoms with Crippen molar-refractivity contribution in [2.75, 3.05) is 6.54 Å². The van der Waals surface area contributed by atoms with Gasteiger partial charge in [0.05, 0.1) is 30.0 Å². The fourth-order valence-electron chi connectivity index (χ4n) is 3.78. The van der Waals surface area contributed by atoms with Crippen LogP contribution in [0.5, 0.6) is 0 Å². The van der Waals surface area contributed by atoms with Gasteiger partial charge in [-0.25, -0.2) is 0 Å². The van der Waals surface area contributed by atoms with Crippen LogP contribution in [-0.2, 0) is 20.1 Å². The summed E-state index contributed by atoms with van der Waals surface area (Å²) in [5.41, 5.74) is 3.15. The zero-order valence-corrected chi connectivity index (χ0v) is 14.7.